The summed E-state index contributed by atoms with van der Waals surface area (Å²) in [7, 11) is 0. The molecule has 3 spiro atoms. The topological polar surface area (TPSA) is 266 Å². The monoisotopic (exact) mass is 1670 g/mol. The lowest BCUT2D eigenvalue weighted by molar-refractivity contribution is -0.399. The number of fused-ring (bicyclic) bond motifs is 5. The Morgan fingerprint density at radius 2 is 0.974 bits per heavy atom. The number of amides is 1. The molecule has 8 aliphatic carbocycles. The van der Waals surface area contributed by atoms with Crippen LogP contribution < -0.4 is 5.32 Å². The summed E-state index contributed by atoms with van der Waals surface area (Å²) in [4.78, 5) is 83.8. The van der Waals surface area contributed by atoms with Crippen LogP contribution in [0.15, 0.2) is 0 Å². The van der Waals surface area contributed by atoms with Crippen molar-refractivity contribution in [2.75, 3.05) is 19.8 Å². The summed E-state index contributed by atoms with van der Waals surface area (Å²) >= 11 is 0. The molecule has 15 unspecified atom stereocenters. The van der Waals surface area contributed by atoms with Crippen molar-refractivity contribution in [3.8, 4) is 0 Å². The Hall–Kier alpha value is -4.75. The first-order chi connectivity index (χ1) is 52.3. The molecule has 0 aromatic heterocycles. The van der Waals surface area contributed by atoms with Gasteiger partial charge >= 0.3 is 66.2 Å². The second-order valence-corrected chi connectivity index (χ2v) is 39.8. The number of cyclic esters (lactones) is 1. The summed E-state index contributed by atoms with van der Waals surface area (Å²) in [6, 6.07) is 0. The van der Waals surface area contributed by atoms with Gasteiger partial charge in [-0.15, -0.1) is 0 Å². The number of aliphatic hydroxyl groups is 3. The van der Waals surface area contributed by atoms with Crippen molar-refractivity contribution in [2.24, 2.45) is 91.2 Å². The molecule has 19 nitrogen and oxygen atoms in total. The lowest BCUT2D eigenvalue weighted by Crippen LogP contribution is -2.74. The third-order valence-corrected chi connectivity index (χ3v) is 30.5. The summed E-state index contributed by atoms with van der Waals surface area (Å²) in [6.07, 6.45) is -4.14. The van der Waals surface area contributed by atoms with E-state index in [2.05, 4.69) is 25.5 Å². The molecule has 115 heavy (non-hydrogen) atoms. The molecule has 15 atom stereocenters. The maximum atomic E-state index is 13.4. The van der Waals surface area contributed by atoms with Gasteiger partial charge in [-0.3, -0.25) is 33.6 Å². The molecule has 0 aromatic carbocycles. The van der Waals surface area contributed by atoms with Crippen LogP contribution in [0.4, 0.5) is 52.7 Å². The molecular weight excluding hydrogens is 1540 g/mol. The average molecular weight is 1670 g/mol. The number of carbonyl (C=O) groups excluding carboxylic acids is 7. The van der Waals surface area contributed by atoms with Crippen LogP contribution in [0.3, 0.4) is 0 Å². The molecule has 0 aromatic rings. The van der Waals surface area contributed by atoms with Crippen LogP contribution >= 0.6 is 0 Å². The Morgan fingerprint density at radius 3 is 1.37 bits per heavy atom. The molecule has 8 saturated carbocycles. The Balaban J connectivity index is 0.000000175. The number of carbonyl (C=O) groups is 7. The van der Waals surface area contributed by atoms with Gasteiger partial charge in [-0.05, 0) is 249 Å². The van der Waals surface area contributed by atoms with Crippen LogP contribution in [0.1, 0.15) is 292 Å². The molecule has 14 rings (SSSR count). The fourth-order valence-electron chi connectivity index (χ4n) is 20.5. The Bertz CT molecular complexity index is 3420. The Labute approximate surface area is 669 Å². The van der Waals surface area contributed by atoms with Crippen LogP contribution in [0.2, 0.25) is 0 Å². The standard InChI is InChI=1S/C19H32O2.C18H26F6O4.C15H22O4.C12H20O3.C11H18O3.C9H11F6NO2/c1-6-17(2,3)16(20)21-18(4,5)19-10-13-7-14(11-19)9-15(8-13)12-19;1-5-13(2)9-16(28-12(13)25)7-10(14(3,26)17(19,20)21)6-11(8-16)15(4,27)18(22,23)24;1-4-15(2,3)14(17)19-11-6-8-5-9(11)12-10(8)7-18-13(12)16;1-3-11(2)8-12(15-10(11)14)6-4-9(13)5-7-12;1-4-10(3)7-11(14-9(10)12)5-6-13-8(11)2;1-3-6(2)4-18-7(8(10,11)12,9(13,14)15)16-5(6)17/h13-15H,6-12H2,1-5H3;10-11,26-27H,5-9H2,1-4H3;8-12H,4-7H2,1-3H3;9,13H,3-8H2,1-2H3;8H,4-7H2,1-3H3;3-4H2,1-2H3,(H,16,17). The fraction of sp³-hybridized carbons (Fsp3) is 0.917. The predicted octanol–water partition coefficient (Wildman–Crippen LogP) is 17.5. The van der Waals surface area contributed by atoms with Gasteiger partial charge in [0.05, 0.1) is 70.4 Å². The van der Waals surface area contributed by atoms with E-state index >= 15 is 0 Å². The summed E-state index contributed by atoms with van der Waals surface area (Å²) in [6.45, 7) is 33.6. The highest BCUT2D eigenvalue weighted by Gasteiger charge is 2.77. The molecule has 4 N–H and O–H groups in total. The van der Waals surface area contributed by atoms with Crippen LogP contribution in [0.5, 0.6) is 0 Å². The number of alkyl halides is 12. The first kappa shape index (κ1) is 95.7. The number of aliphatic hydroxyl groups excluding tert-OH is 1. The van der Waals surface area contributed by atoms with Gasteiger partial charge in [0, 0.05) is 54.8 Å². The molecular formula is C84H129F12NO18. The first-order valence-corrected chi connectivity index (χ1v) is 41.6. The molecule has 1 amide bonds. The SMILES string of the molecule is CCC(C)(C)C(=O)OC(C)(C)C12CC3CC(CC(C3)C1)C2.CCC(C)(C)C(=O)OC1CC2CC1C1C(=O)OCC21.CCC1(C)CC2(CC(C(C)(O)C(F)(F)F)CC(C(C)(O)C(F)(F)F)C2)OC1=O.CCC1(C)CC2(CCC(O)CC2)OC1=O.CCC1(C)CC2(CCOC2C)OC1=O.CCC1(C)COC(C(F)(F)F)(C(F)(F)F)NC1=O. The lowest BCUT2D eigenvalue weighted by atomic mass is 9.46. The zero-order valence-corrected chi connectivity index (χ0v) is 70.7. The van der Waals surface area contributed by atoms with Gasteiger partial charge in [0.2, 0.25) is 5.91 Å². The largest absolute Gasteiger partial charge is 0.465 e. The lowest BCUT2D eigenvalue weighted by Gasteiger charge is -2.61. The maximum absolute atomic E-state index is 13.4. The molecule has 6 saturated heterocycles. The van der Waals surface area contributed by atoms with E-state index in [4.69, 9.17) is 33.2 Å². The maximum Gasteiger partial charge on any atom is 0.446 e. The number of hydrogen-bond acceptors (Lipinski definition) is 18. The summed E-state index contributed by atoms with van der Waals surface area (Å²) in [5.41, 5.74) is -17.2. The van der Waals surface area contributed by atoms with Crippen molar-refractivity contribution in [3.05, 3.63) is 0 Å². The van der Waals surface area contributed by atoms with E-state index in [-0.39, 0.29) is 111 Å². The summed E-state index contributed by atoms with van der Waals surface area (Å²) in [5.74, 6) is -1.90. The Kier molecular flexibility index (Phi) is 27.4. The zero-order chi connectivity index (χ0) is 87.1. The van der Waals surface area contributed by atoms with E-state index in [1.165, 1.54) is 52.4 Å². The molecule has 0 radical (unpaired) electrons. The average Bonchev–Trinajstić information content (AvgIpc) is 1.55. The highest BCUT2D eigenvalue weighted by molar-refractivity contribution is 5.84. The number of hydrogen-bond donors (Lipinski definition) is 4. The van der Waals surface area contributed by atoms with Crippen molar-refractivity contribution >= 4 is 41.7 Å². The minimum Gasteiger partial charge on any atom is -0.465 e. The third kappa shape index (κ3) is 18.7. The quantitative estimate of drug-likeness (QED) is 0.0758. The minimum atomic E-state index is -5.78. The highest BCUT2D eigenvalue weighted by atomic mass is 19.4. The molecule has 14 aliphatic rings. The van der Waals surface area contributed by atoms with Gasteiger partial charge in [0.1, 0.15) is 28.5 Å². The molecule has 14 fully saturated rings. The van der Waals surface area contributed by atoms with Crippen molar-refractivity contribution < 1.29 is 139 Å². The van der Waals surface area contributed by atoms with Gasteiger partial charge in [-0.2, -0.15) is 52.7 Å². The van der Waals surface area contributed by atoms with Gasteiger partial charge in [0.15, 0.2) is 11.2 Å². The van der Waals surface area contributed by atoms with E-state index in [1.807, 2.05) is 69.2 Å². The van der Waals surface area contributed by atoms with Crippen LogP contribution in [0, 0.1) is 91.2 Å². The molecule has 6 heterocycles. The van der Waals surface area contributed by atoms with Crippen molar-refractivity contribution in [2.45, 2.75) is 374 Å². The molecule has 6 aliphatic heterocycles. The second-order valence-electron chi connectivity index (χ2n) is 39.8. The van der Waals surface area contributed by atoms with Crippen LogP contribution in [-0.4, -0.2) is 159 Å². The zero-order valence-electron chi connectivity index (χ0n) is 70.7. The van der Waals surface area contributed by atoms with Gasteiger partial charge in [-0.1, -0.05) is 41.5 Å². The van der Waals surface area contributed by atoms with Crippen molar-refractivity contribution in [1.29, 1.82) is 0 Å². The number of halogens is 12. The van der Waals surface area contributed by atoms with Crippen LogP contribution in [-0.2, 0) is 71.5 Å². The van der Waals surface area contributed by atoms with E-state index in [1.54, 1.807) is 13.8 Å². The molecule has 31 heteroatoms. The predicted molar refractivity (Wildman–Crippen MR) is 394 cm³/mol. The smallest absolute Gasteiger partial charge is 0.446 e. The highest BCUT2D eigenvalue weighted by Crippen LogP contribution is 2.66. The molecule has 6 bridgehead atoms. The number of ether oxygens (including phenoxy) is 8. The third-order valence-electron chi connectivity index (χ3n) is 30.5. The van der Waals surface area contributed by atoms with Crippen molar-refractivity contribution in [1.82, 2.24) is 5.32 Å². The summed E-state index contributed by atoms with van der Waals surface area (Å²) in [5, 5.41) is 30.7. The van der Waals surface area contributed by atoms with Gasteiger partial charge < -0.3 is 58.5 Å². The van der Waals surface area contributed by atoms with Crippen LogP contribution in [0.25, 0.3) is 0 Å². The summed E-state index contributed by atoms with van der Waals surface area (Å²) < 4.78 is 199. The number of rotatable bonds is 13. The first-order valence-electron chi connectivity index (χ1n) is 41.6. The van der Waals surface area contributed by atoms with E-state index in [0.29, 0.717) is 45.3 Å². The Morgan fingerprint density at radius 1 is 0.539 bits per heavy atom. The van der Waals surface area contributed by atoms with Crippen molar-refractivity contribution in [3.63, 3.8) is 0 Å². The van der Waals surface area contributed by atoms with E-state index < -0.39 is 113 Å². The second kappa shape index (κ2) is 32.9. The van der Waals surface area contributed by atoms with E-state index in [9.17, 15) is 102 Å². The van der Waals surface area contributed by atoms with E-state index in [0.717, 1.165) is 107 Å². The number of nitrogens with one attached hydrogen (secondary N) is 1. The fourth-order valence-corrected chi connectivity index (χ4v) is 20.5. The van der Waals surface area contributed by atoms with Gasteiger partial charge in [-0.25, -0.2) is 0 Å². The number of esters is 6. The normalized spacial score (nSPS) is 38.1. The minimum absolute atomic E-state index is 0.00857. The van der Waals surface area contributed by atoms with Gasteiger partial charge in [0.25, 0.3) is 0 Å². The molecule has 662 valence electrons.